The summed E-state index contributed by atoms with van der Waals surface area (Å²) < 4.78 is 39.9. The highest BCUT2D eigenvalue weighted by atomic mass is 32.1. The van der Waals surface area contributed by atoms with Crippen LogP contribution < -0.4 is 5.32 Å². The number of pyridine rings is 1. The van der Waals surface area contributed by atoms with E-state index in [-0.39, 0.29) is 30.5 Å². The zero-order valence-corrected chi connectivity index (χ0v) is 21.4. The van der Waals surface area contributed by atoms with E-state index in [4.69, 9.17) is 0 Å². The Labute approximate surface area is 216 Å². The van der Waals surface area contributed by atoms with Crippen molar-refractivity contribution >= 4 is 28.3 Å². The maximum absolute atomic E-state index is 14.2. The molecule has 0 aromatic carbocycles. The van der Waals surface area contributed by atoms with Gasteiger partial charge in [-0.3, -0.25) is 14.6 Å². The van der Waals surface area contributed by atoms with E-state index in [9.17, 15) is 27.9 Å². The van der Waals surface area contributed by atoms with Crippen LogP contribution in [0, 0.1) is 0 Å². The quantitative estimate of drug-likeness (QED) is 0.621. The lowest BCUT2D eigenvalue weighted by Crippen LogP contribution is -2.49. The van der Waals surface area contributed by atoms with Gasteiger partial charge in [-0.1, -0.05) is 0 Å². The molecule has 1 aliphatic carbocycles. The molecule has 1 saturated heterocycles. The van der Waals surface area contributed by atoms with Crippen LogP contribution in [0.1, 0.15) is 61.5 Å². The number of rotatable bonds is 4. The minimum atomic E-state index is -4.50. The van der Waals surface area contributed by atoms with Crippen molar-refractivity contribution in [3.63, 3.8) is 0 Å². The topological polar surface area (TPSA) is 98.7 Å². The van der Waals surface area contributed by atoms with Crippen molar-refractivity contribution in [3.8, 4) is 0 Å². The second-order valence-electron chi connectivity index (χ2n) is 10.3. The fraction of sp³-hybridized carbons (Fsp3) is 0.600. The maximum Gasteiger partial charge on any atom is 0.417 e. The van der Waals surface area contributed by atoms with Crippen LogP contribution in [0.5, 0.6) is 0 Å². The number of nitrogens with one attached hydrogen (secondary N) is 1. The molecule has 0 radical (unpaired) electrons. The smallest absolute Gasteiger partial charge is 0.393 e. The van der Waals surface area contributed by atoms with Gasteiger partial charge in [0, 0.05) is 62.8 Å². The van der Waals surface area contributed by atoms with E-state index in [0.717, 1.165) is 31.8 Å². The summed E-state index contributed by atoms with van der Waals surface area (Å²) in [7, 11) is 0. The number of piperidine rings is 1. The molecule has 4 heterocycles. The van der Waals surface area contributed by atoms with Gasteiger partial charge in [-0.05, 0) is 43.7 Å². The third-order valence-corrected chi connectivity index (χ3v) is 8.60. The number of hydrogen-bond donors (Lipinski definition) is 2. The summed E-state index contributed by atoms with van der Waals surface area (Å²) in [6, 6.07) is 1.24. The average Bonchev–Trinajstić information content (AvgIpc) is 3.51. The zero-order chi connectivity index (χ0) is 26.4. The Morgan fingerprint density at radius 3 is 2.68 bits per heavy atom. The first kappa shape index (κ1) is 26.1. The van der Waals surface area contributed by atoms with Crippen LogP contribution >= 0.6 is 11.3 Å². The summed E-state index contributed by atoms with van der Waals surface area (Å²) in [6.45, 7) is 3.35. The predicted octanol–water partition coefficient (Wildman–Crippen LogP) is 3.35. The van der Waals surface area contributed by atoms with Gasteiger partial charge >= 0.3 is 6.18 Å². The lowest BCUT2D eigenvalue weighted by atomic mass is 9.80. The van der Waals surface area contributed by atoms with Gasteiger partial charge < -0.3 is 20.2 Å². The summed E-state index contributed by atoms with van der Waals surface area (Å²) in [5.41, 5.74) is -0.146. The number of anilines is 1. The van der Waals surface area contributed by atoms with Crippen LogP contribution in [0.4, 0.5) is 18.3 Å². The summed E-state index contributed by atoms with van der Waals surface area (Å²) in [5, 5.41) is 14.8. The van der Waals surface area contributed by atoms with Crippen molar-refractivity contribution in [2.75, 3.05) is 25.0 Å². The van der Waals surface area contributed by atoms with Crippen LogP contribution in [-0.4, -0.2) is 68.5 Å². The second kappa shape index (κ2) is 9.95. The Bertz CT molecular complexity index is 1180. The number of likely N-dealkylation sites (tertiary alicyclic amines) is 1. The van der Waals surface area contributed by atoms with E-state index in [0.29, 0.717) is 60.7 Å². The number of alkyl halides is 3. The first-order valence-electron chi connectivity index (χ1n) is 12.6. The Balaban J connectivity index is 1.43. The van der Waals surface area contributed by atoms with Gasteiger partial charge in [0.15, 0.2) is 5.13 Å². The summed E-state index contributed by atoms with van der Waals surface area (Å²) >= 11 is 1.26. The third kappa shape index (κ3) is 5.23. The van der Waals surface area contributed by atoms with Crippen molar-refractivity contribution in [1.29, 1.82) is 0 Å². The Morgan fingerprint density at radius 2 is 1.97 bits per heavy atom. The first-order chi connectivity index (χ1) is 17.5. The van der Waals surface area contributed by atoms with E-state index >= 15 is 0 Å². The number of nitrogens with zero attached hydrogens (tertiary/aromatic N) is 4. The van der Waals surface area contributed by atoms with Gasteiger partial charge in [-0.15, -0.1) is 11.3 Å². The molecule has 2 atom stereocenters. The van der Waals surface area contributed by atoms with E-state index in [1.807, 2.05) is 5.38 Å². The van der Waals surface area contributed by atoms with E-state index in [1.165, 1.54) is 18.3 Å². The fourth-order valence-corrected chi connectivity index (χ4v) is 6.73. The van der Waals surface area contributed by atoms with Crippen molar-refractivity contribution in [2.24, 2.45) is 0 Å². The number of fused-ring (bicyclic) bond motifs is 1. The number of aliphatic hydroxyl groups excluding tert-OH is 1. The number of halogens is 3. The minimum Gasteiger partial charge on any atom is -0.393 e. The molecule has 12 heteroatoms. The molecule has 37 heavy (non-hydrogen) atoms. The van der Waals surface area contributed by atoms with Crippen molar-refractivity contribution in [1.82, 2.24) is 19.8 Å². The highest BCUT2D eigenvalue weighted by Crippen LogP contribution is 2.46. The highest BCUT2D eigenvalue weighted by molar-refractivity contribution is 7.14. The number of aromatic nitrogens is 2. The Kier molecular flexibility index (Phi) is 7.01. The van der Waals surface area contributed by atoms with E-state index < -0.39 is 17.2 Å². The molecule has 2 amide bonds. The molecule has 2 unspecified atom stereocenters. The monoisotopic (exact) mass is 537 g/mol. The molecule has 200 valence electrons. The first-order valence-corrected chi connectivity index (χ1v) is 13.4. The SMILES string of the molecule is CC(=O)Nc1nc(C2(C(=O)N3CCc4ncc(C(F)(F)F)cc4C3)CCC(N3CCC(O)CC3)C2)cs1. The van der Waals surface area contributed by atoms with Gasteiger partial charge in [0.1, 0.15) is 0 Å². The van der Waals surface area contributed by atoms with Crippen LogP contribution in [0.25, 0.3) is 0 Å². The largest absolute Gasteiger partial charge is 0.417 e. The highest BCUT2D eigenvalue weighted by Gasteiger charge is 2.52. The van der Waals surface area contributed by atoms with Crippen LogP contribution in [0.2, 0.25) is 0 Å². The normalized spacial score (nSPS) is 25.2. The van der Waals surface area contributed by atoms with Crippen LogP contribution in [0.3, 0.4) is 0 Å². The van der Waals surface area contributed by atoms with E-state index in [1.54, 1.807) is 4.90 Å². The number of carbonyl (C=O) groups excluding carboxylic acids is 2. The molecule has 8 nitrogen and oxygen atoms in total. The van der Waals surface area contributed by atoms with Gasteiger partial charge in [-0.25, -0.2) is 4.98 Å². The van der Waals surface area contributed by atoms with Gasteiger partial charge in [0.2, 0.25) is 11.8 Å². The summed E-state index contributed by atoms with van der Waals surface area (Å²) in [6.07, 6.45) is -0.304. The molecule has 2 fully saturated rings. The van der Waals surface area contributed by atoms with Gasteiger partial charge in [0.25, 0.3) is 0 Å². The van der Waals surface area contributed by atoms with E-state index in [2.05, 4.69) is 20.2 Å². The minimum absolute atomic E-state index is 0.0656. The zero-order valence-electron chi connectivity index (χ0n) is 20.6. The molecular weight excluding hydrogens is 507 g/mol. The molecule has 2 aromatic heterocycles. The lowest BCUT2D eigenvalue weighted by molar-refractivity contribution is -0.138. The molecule has 1 saturated carbocycles. The number of carbonyl (C=O) groups is 2. The molecular formula is C25H30F3N5O3S. The van der Waals surface area contributed by atoms with Crippen molar-refractivity contribution in [3.05, 3.63) is 40.2 Å². The number of hydrogen-bond acceptors (Lipinski definition) is 7. The number of thiazole rings is 1. The molecule has 2 aliphatic heterocycles. The van der Waals surface area contributed by atoms with Crippen molar-refractivity contribution < 1.29 is 27.9 Å². The Hall–Kier alpha value is -2.57. The molecule has 3 aliphatic rings. The Morgan fingerprint density at radius 1 is 1.22 bits per heavy atom. The lowest BCUT2D eigenvalue weighted by Gasteiger charge is -2.38. The average molecular weight is 538 g/mol. The molecule has 5 rings (SSSR count). The predicted molar refractivity (Wildman–Crippen MR) is 131 cm³/mol. The number of aliphatic hydroxyl groups is 1. The molecule has 2 aromatic rings. The maximum atomic E-state index is 14.2. The molecule has 0 spiro atoms. The van der Waals surface area contributed by atoms with Crippen molar-refractivity contribution in [2.45, 2.75) is 75.7 Å². The standard InChI is InChI=1S/C25H30F3N5O3S/c1-15(34)30-23-31-21(14-37-23)24(6-2-18(11-24)32-7-3-19(35)4-8-32)22(36)33-9-5-20-16(13-33)10-17(12-29-20)25(26,27)28/h10,12,14,18-19,35H,2-9,11,13H2,1H3,(H,30,31,34). The second-order valence-corrected chi connectivity index (χ2v) is 11.1. The van der Waals surface area contributed by atoms with Crippen LogP contribution in [-0.2, 0) is 34.1 Å². The fourth-order valence-electron chi connectivity index (χ4n) is 5.88. The molecule has 0 bridgehead atoms. The summed E-state index contributed by atoms with van der Waals surface area (Å²) in [5.74, 6) is -0.396. The number of amides is 2. The third-order valence-electron chi connectivity index (χ3n) is 7.84. The molecule has 2 N–H and O–H groups in total. The van der Waals surface area contributed by atoms with Gasteiger partial charge in [-0.2, -0.15) is 13.2 Å². The van der Waals surface area contributed by atoms with Gasteiger partial charge in [0.05, 0.1) is 22.8 Å². The van der Waals surface area contributed by atoms with Crippen LogP contribution in [0.15, 0.2) is 17.6 Å². The summed E-state index contributed by atoms with van der Waals surface area (Å²) in [4.78, 5) is 38.4.